The molecule has 1 aliphatic heterocycles. The zero-order valence-electron chi connectivity index (χ0n) is 13.6. The van der Waals surface area contributed by atoms with Gasteiger partial charge in [0, 0.05) is 11.1 Å². The lowest BCUT2D eigenvalue weighted by molar-refractivity contribution is -0.153. The number of nitrogens with zero attached hydrogens (tertiary/aromatic N) is 1. The molecule has 8 heteroatoms. The maximum absolute atomic E-state index is 12.7. The molecule has 0 N–H and O–H groups in total. The first kappa shape index (κ1) is 18.7. The van der Waals surface area contributed by atoms with Crippen molar-refractivity contribution in [1.29, 1.82) is 0 Å². The summed E-state index contributed by atoms with van der Waals surface area (Å²) in [5.41, 5.74) is 0.743. The zero-order chi connectivity index (χ0) is 17.9. The Morgan fingerprint density at radius 3 is 2.46 bits per heavy atom. The third-order valence-electron chi connectivity index (χ3n) is 4.12. The van der Waals surface area contributed by atoms with Crippen molar-refractivity contribution in [2.24, 2.45) is 0 Å². The van der Waals surface area contributed by atoms with E-state index in [1.807, 2.05) is 0 Å². The minimum atomic E-state index is -3.18. The maximum Gasteiger partial charge on any atom is 0.328 e. The van der Waals surface area contributed by atoms with Gasteiger partial charge in [-0.2, -0.15) is 0 Å². The van der Waals surface area contributed by atoms with Gasteiger partial charge in [0.25, 0.3) is 0 Å². The molecule has 1 aliphatic rings. The van der Waals surface area contributed by atoms with Crippen molar-refractivity contribution in [3.63, 3.8) is 0 Å². The van der Waals surface area contributed by atoms with Gasteiger partial charge < -0.3 is 9.64 Å². The van der Waals surface area contributed by atoms with Gasteiger partial charge in [0.05, 0.1) is 25.0 Å². The van der Waals surface area contributed by atoms with Crippen LogP contribution in [0.5, 0.6) is 0 Å². The maximum atomic E-state index is 12.7. The average molecular weight is 374 g/mol. The van der Waals surface area contributed by atoms with Gasteiger partial charge in [-0.1, -0.05) is 23.7 Å². The van der Waals surface area contributed by atoms with Crippen molar-refractivity contribution < 1.29 is 22.7 Å². The smallest absolute Gasteiger partial charge is 0.328 e. The van der Waals surface area contributed by atoms with E-state index in [0.29, 0.717) is 11.4 Å². The summed E-state index contributed by atoms with van der Waals surface area (Å²) in [7, 11) is -1.94. The number of hydrogen-bond donors (Lipinski definition) is 0. The van der Waals surface area contributed by atoms with Crippen LogP contribution in [0.1, 0.15) is 18.9 Å². The van der Waals surface area contributed by atoms with Crippen LogP contribution < -0.4 is 0 Å². The third kappa shape index (κ3) is 4.48. The zero-order valence-corrected chi connectivity index (χ0v) is 15.1. The number of amides is 1. The highest BCUT2D eigenvalue weighted by molar-refractivity contribution is 7.91. The molecule has 0 saturated carbocycles. The molecule has 132 valence electrons. The standard InChI is InChI=1S/C16H20ClNO5S/c1-11(16(20)23-2)18(14-7-8-24(21,22)10-14)15(19)9-12-3-5-13(17)6-4-12/h3-6,11,14H,7-10H2,1-2H3/t11-,14+/m0/s1. The number of benzene rings is 1. The van der Waals surface area contributed by atoms with Crippen LogP contribution in [0.3, 0.4) is 0 Å². The highest BCUT2D eigenvalue weighted by Crippen LogP contribution is 2.22. The van der Waals surface area contributed by atoms with Crippen molar-refractivity contribution in [2.45, 2.75) is 31.8 Å². The molecular weight excluding hydrogens is 354 g/mol. The Morgan fingerprint density at radius 2 is 1.96 bits per heavy atom. The number of methoxy groups -OCH3 is 1. The fourth-order valence-electron chi connectivity index (χ4n) is 2.88. The monoisotopic (exact) mass is 373 g/mol. The summed E-state index contributed by atoms with van der Waals surface area (Å²) in [6.45, 7) is 1.55. The molecule has 1 saturated heterocycles. The van der Waals surface area contributed by atoms with Crippen molar-refractivity contribution in [3.8, 4) is 0 Å². The van der Waals surface area contributed by atoms with Crippen molar-refractivity contribution in [1.82, 2.24) is 4.90 Å². The number of halogens is 1. The summed E-state index contributed by atoms with van der Waals surface area (Å²) in [5, 5.41) is 0.563. The molecule has 0 aromatic heterocycles. The molecule has 1 amide bonds. The molecule has 24 heavy (non-hydrogen) atoms. The quantitative estimate of drug-likeness (QED) is 0.730. The normalized spacial score (nSPS) is 20.4. The molecule has 2 atom stereocenters. The molecule has 0 aliphatic carbocycles. The van der Waals surface area contributed by atoms with Crippen LogP contribution in [0.4, 0.5) is 0 Å². The first-order valence-corrected chi connectivity index (χ1v) is 9.77. The van der Waals surface area contributed by atoms with Crippen LogP contribution in [-0.2, 0) is 30.6 Å². The van der Waals surface area contributed by atoms with E-state index < -0.39 is 27.9 Å². The molecule has 6 nitrogen and oxygen atoms in total. The molecule has 0 spiro atoms. The van der Waals surface area contributed by atoms with Crippen LogP contribution in [0.15, 0.2) is 24.3 Å². The van der Waals surface area contributed by atoms with Gasteiger partial charge in [-0.25, -0.2) is 13.2 Å². The van der Waals surface area contributed by atoms with Crippen LogP contribution >= 0.6 is 11.6 Å². The summed E-state index contributed by atoms with van der Waals surface area (Å²) in [6, 6.07) is 5.47. The lowest BCUT2D eigenvalue weighted by Gasteiger charge is -2.32. The Hall–Kier alpha value is -1.60. The molecule has 2 rings (SSSR count). The van der Waals surface area contributed by atoms with Gasteiger partial charge in [0.2, 0.25) is 5.91 Å². The number of hydrogen-bond acceptors (Lipinski definition) is 5. The first-order chi connectivity index (χ1) is 11.2. The van der Waals surface area contributed by atoms with Gasteiger partial charge in [0.15, 0.2) is 9.84 Å². The lowest BCUT2D eigenvalue weighted by atomic mass is 10.1. The van der Waals surface area contributed by atoms with Crippen LogP contribution in [0.25, 0.3) is 0 Å². The lowest BCUT2D eigenvalue weighted by Crippen LogP contribution is -2.50. The topological polar surface area (TPSA) is 80.8 Å². The van der Waals surface area contributed by atoms with Crippen molar-refractivity contribution >= 4 is 33.3 Å². The number of rotatable bonds is 5. The third-order valence-corrected chi connectivity index (χ3v) is 6.12. The Morgan fingerprint density at radius 1 is 1.33 bits per heavy atom. The largest absolute Gasteiger partial charge is 0.467 e. The second kappa shape index (κ2) is 7.53. The molecule has 0 radical (unpaired) electrons. The van der Waals surface area contributed by atoms with Gasteiger partial charge in [0.1, 0.15) is 6.04 Å². The van der Waals surface area contributed by atoms with Gasteiger partial charge in [-0.05, 0) is 31.0 Å². The molecule has 0 unspecified atom stereocenters. The number of carbonyl (C=O) groups excluding carboxylic acids is 2. The van der Waals surface area contributed by atoms with Crippen LogP contribution in [-0.4, -0.2) is 55.9 Å². The fraction of sp³-hybridized carbons (Fsp3) is 0.500. The Kier molecular flexibility index (Phi) is 5.87. The molecule has 0 bridgehead atoms. The highest BCUT2D eigenvalue weighted by Gasteiger charge is 2.39. The second-order valence-electron chi connectivity index (χ2n) is 5.86. The van der Waals surface area contributed by atoms with E-state index in [2.05, 4.69) is 0 Å². The molecule has 1 heterocycles. The van der Waals surface area contributed by atoms with E-state index in [1.165, 1.54) is 12.0 Å². The van der Waals surface area contributed by atoms with E-state index in [0.717, 1.165) is 5.56 Å². The van der Waals surface area contributed by atoms with Gasteiger partial charge in [-0.3, -0.25) is 4.79 Å². The summed E-state index contributed by atoms with van der Waals surface area (Å²) in [4.78, 5) is 26.0. The van der Waals surface area contributed by atoms with E-state index >= 15 is 0 Å². The molecule has 1 fully saturated rings. The Balaban J connectivity index is 2.22. The predicted octanol–water partition coefficient (Wildman–Crippen LogP) is 1.46. The number of sulfone groups is 1. The number of carbonyl (C=O) groups is 2. The van der Waals surface area contributed by atoms with Crippen molar-refractivity contribution in [3.05, 3.63) is 34.9 Å². The number of esters is 1. The van der Waals surface area contributed by atoms with Crippen LogP contribution in [0, 0.1) is 0 Å². The van der Waals surface area contributed by atoms with Crippen molar-refractivity contribution in [2.75, 3.05) is 18.6 Å². The molecule has 1 aromatic carbocycles. The summed E-state index contributed by atoms with van der Waals surface area (Å²) in [5.74, 6) is -0.974. The summed E-state index contributed by atoms with van der Waals surface area (Å²) >= 11 is 5.83. The molecule has 1 aromatic rings. The Labute approximate surface area is 146 Å². The fourth-order valence-corrected chi connectivity index (χ4v) is 4.72. The minimum absolute atomic E-state index is 0.0241. The molecular formula is C16H20ClNO5S. The van der Waals surface area contributed by atoms with E-state index in [1.54, 1.807) is 31.2 Å². The van der Waals surface area contributed by atoms with Gasteiger partial charge in [-0.15, -0.1) is 0 Å². The summed E-state index contributed by atoms with van der Waals surface area (Å²) < 4.78 is 28.2. The van der Waals surface area contributed by atoms with E-state index in [-0.39, 0.29) is 23.8 Å². The number of ether oxygens (including phenoxy) is 1. The minimum Gasteiger partial charge on any atom is -0.467 e. The predicted molar refractivity (Wildman–Crippen MR) is 90.5 cm³/mol. The SMILES string of the molecule is COC(=O)[C@H](C)N(C(=O)Cc1ccc(Cl)cc1)[C@@H]1CCS(=O)(=O)C1. The average Bonchev–Trinajstić information content (AvgIpc) is 2.88. The van der Waals surface area contributed by atoms with Crippen LogP contribution in [0.2, 0.25) is 5.02 Å². The van der Waals surface area contributed by atoms with E-state index in [9.17, 15) is 18.0 Å². The van der Waals surface area contributed by atoms with E-state index in [4.69, 9.17) is 16.3 Å². The first-order valence-electron chi connectivity index (χ1n) is 7.57. The Bertz CT molecular complexity index is 716. The van der Waals surface area contributed by atoms with Gasteiger partial charge >= 0.3 is 5.97 Å². The summed E-state index contributed by atoms with van der Waals surface area (Å²) in [6.07, 6.45) is 0.394. The highest BCUT2D eigenvalue weighted by atomic mass is 35.5. The second-order valence-corrected chi connectivity index (χ2v) is 8.53.